The highest BCUT2D eigenvalue weighted by atomic mass is 16.5. The quantitative estimate of drug-likeness (QED) is 0.387. The van der Waals surface area contributed by atoms with Crippen LogP contribution in [0.15, 0.2) is 71.3 Å². The fraction of sp³-hybridized carbons (Fsp3) is 0.250. The molecule has 9 heteroatoms. The lowest BCUT2D eigenvalue weighted by atomic mass is 9.93. The molecule has 206 valence electrons. The molecule has 0 radical (unpaired) electrons. The van der Waals surface area contributed by atoms with E-state index in [1.807, 2.05) is 55.6 Å². The summed E-state index contributed by atoms with van der Waals surface area (Å²) in [5.74, 6) is 0.124. The molecule has 0 spiro atoms. The van der Waals surface area contributed by atoms with Crippen molar-refractivity contribution in [3.05, 3.63) is 106 Å². The number of carbonyl (C=O) groups is 2. The Labute approximate surface area is 238 Å². The molecule has 1 saturated heterocycles. The van der Waals surface area contributed by atoms with Crippen LogP contribution in [0.3, 0.4) is 0 Å². The van der Waals surface area contributed by atoms with E-state index in [1.165, 1.54) is 0 Å². The van der Waals surface area contributed by atoms with E-state index in [-0.39, 0.29) is 17.9 Å². The SMILES string of the molecule is Cc1noc(C)c1C(=O)Nc1ccc(N2CCN(C3c4ccccc4C(=O)N(C)c4ccccc43)CC2)c(C#N)c1. The maximum absolute atomic E-state index is 13.4. The first-order valence-electron chi connectivity index (χ1n) is 13.6. The Morgan fingerprint density at radius 3 is 2.39 bits per heavy atom. The number of para-hydroxylation sites is 1. The van der Waals surface area contributed by atoms with E-state index < -0.39 is 0 Å². The number of carbonyl (C=O) groups excluding carboxylic acids is 2. The monoisotopic (exact) mass is 546 g/mol. The molecule has 0 aliphatic carbocycles. The number of rotatable bonds is 4. The summed E-state index contributed by atoms with van der Waals surface area (Å²) in [7, 11) is 1.84. The van der Waals surface area contributed by atoms with Gasteiger partial charge in [-0.3, -0.25) is 14.5 Å². The normalized spacial score (nSPS) is 16.9. The molecule has 2 aliphatic rings. The van der Waals surface area contributed by atoms with Crippen molar-refractivity contribution in [1.29, 1.82) is 5.26 Å². The van der Waals surface area contributed by atoms with Crippen molar-refractivity contribution in [1.82, 2.24) is 10.1 Å². The van der Waals surface area contributed by atoms with Crippen LogP contribution in [0.4, 0.5) is 17.1 Å². The van der Waals surface area contributed by atoms with Crippen molar-refractivity contribution < 1.29 is 14.1 Å². The Hall–Kier alpha value is -4.94. The van der Waals surface area contributed by atoms with Crippen LogP contribution < -0.4 is 15.1 Å². The van der Waals surface area contributed by atoms with Crippen molar-refractivity contribution in [3.63, 3.8) is 0 Å². The minimum Gasteiger partial charge on any atom is -0.368 e. The lowest BCUT2D eigenvalue weighted by Crippen LogP contribution is -2.48. The number of nitrogens with zero attached hydrogens (tertiary/aromatic N) is 5. The van der Waals surface area contributed by atoms with E-state index >= 15 is 0 Å². The summed E-state index contributed by atoms with van der Waals surface area (Å²) in [6.07, 6.45) is 0. The molecule has 1 fully saturated rings. The molecular formula is C32H30N6O3. The number of piperazine rings is 1. The van der Waals surface area contributed by atoms with E-state index in [4.69, 9.17) is 4.52 Å². The first-order valence-corrected chi connectivity index (χ1v) is 13.6. The molecule has 6 rings (SSSR count). The number of hydrogen-bond donors (Lipinski definition) is 1. The highest BCUT2D eigenvalue weighted by Gasteiger charge is 2.35. The molecule has 1 aromatic heterocycles. The van der Waals surface area contributed by atoms with E-state index in [2.05, 4.69) is 38.5 Å². The first kappa shape index (κ1) is 26.3. The second-order valence-corrected chi connectivity index (χ2v) is 10.4. The molecular weight excluding hydrogens is 516 g/mol. The number of anilines is 3. The predicted octanol–water partition coefficient (Wildman–Crippen LogP) is 4.92. The molecule has 3 aromatic carbocycles. The summed E-state index contributed by atoms with van der Waals surface area (Å²) in [4.78, 5) is 32.5. The number of benzene rings is 3. The van der Waals surface area contributed by atoms with Crippen LogP contribution >= 0.6 is 0 Å². The molecule has 2 amide bonds. The van der Waals surface area contributed by atoms with Crippen molar-refractivity contribution in [2.75, 3.05) is 48.3 Å². The van der Waals surface area contributed by atoms with Gasteiger partial charge in [0.25, 0.3) is 11.8 Å². The molecule has 4 aromatic rings. The Balaban J connectivity index is 1.24. The van der Waals surface area contributed by atoms with Crippen LogP contribution in [0.25, 0.3) is 0 Å². The predicted molar refractivity (Wildman–Crippen MR) is 156 cm³/mol. The van der Waals surface area contributed by atoms with Crippen LogP contribution in [-0.2, 0) is 0 Å². The zero-order valence-electron chi connectivity index (χ0n) is 23.2. The van der Waals surface area contributed by atoms with Gasteiger partial charge in [0, 0.05) is 50.2 Å². The van der Waals surface area contributed by atoms with Crippen LogP contribution in [0, 0.1) is 25.2 Å². The van der Waals surface area contributed by atoms with Gasteiger partial charge in [0.2, 0.25) is 0 Å². The average molecular weight is 547 g/mol. The van der Waals surface area contributed by atoms with Gasteiger partial charge in [-0.15, -0.1) is 0 Å². The van der Waals surface area contributed by atoms with Gasteiger partial charge in [0.1, 0.15) is 17.4 Å². The van der Waals surface area contributed by atoms with Crippen molar-refractivity contribution in [2.45, 2.75) is 19.9 Å². The van der Waals surface area contributed by atoms with Crippen LogP contribution in [-0.4, -0.2) is 55.1 Å². The van der Waals surface area contributed by atoms with Gasteiger partial charge in [-0.1, -0.05) is 41.6 Å². The Morgan fingerprint density at radius 1 is 0.976 bits per heavy atom. The first-order chi connectivity index (χ1) is 19.9. The number of nitriles is 1. The number of aryl methyl sites for hydroxylation is 2. The van der Waals surface area contributed by atoms with Gasteiger partial charge in [0.15, 0.2) is 0 Å². The molecule has 9 nitrogen and oxygen atoms in total. The van der Waals surface area contributed by atoms with Gasteiger partial charge >= 0.3 is 0 Å². The highest BCUT2D eigenvalue weighted by Crippen LogP contribution is 2.40. The largest absolute Gasteiger partial charge is 0.368 e. The summed E-state index contributed by atoms with van der Waals surface area (Å²) >= 11 is 0. The second-order valence-electron chi connectivity index (χ2n) is 10.4. The topological polar surface area (TPSA) is 106 Å². The second kappa shape index (κ2) is 10.6. The average Bonchev–Trinajstić information content (AvgIpc) is 3.30. The Kier molecular flexibility index (Phi) is 6.77. The van der Waals surface area contributed by atoms with Crippen LogP contribution in [0.2, 0.25) is 0 Å². The molecule has 3 heterocycles. The summed E-state index contributed by atoms with van der Waals surface area (Å²) in [5, 5.41) is 16.7. The maximum Gasteiger partial charge on any atom is 0.261 e. The molecule has 1 N–H and O–H groups in total. The zero-order chi connectivity index (χ0) is 28.7. The highest BCUT2D eigenvalue weighted by molar-refractivity contribution is 6.08. The van der Waals surface area contributed by atoms with Gasteiger partial charge in [-0.2, -0.15) is 5.26 Å². The number of amides is 2. The number of aromatic nitrogens is 1. The maximum atomic E-state index is 13.4. The lowest BCUT2D eigenvalue weighted by Gasteiger charge is -2.41. The summed E-state index contributed by atoms with van der Waals surface area (Å²) in [5.41, 5.74) is 6.54. The fourth-order valence-corrected chi connectivity index (χ4v) is 6.01. The molecule has 41 heavy (non-hydrogen) atoms. The minimum absolute atomic E-state index is 0.00520. The van der Waals surface area contributed by atoms with Crippen molar-refractivity contribution in [3.8, 4) is 6.07 Å². The third kappa shape index (κ3) is 4.62. The van der Waals surface area contributed by atoms with Gasteiger partial charge in [-0.25, -0.2) is 0 Å². The minimum atomic E-state index is -0.320. The van der Waals surface area contributed by atoms with Gasteiger partial charge in [0.05, 0.1) is 23.0 Å². The summed E-state index contributed by atoms with van der Waals surface area (Å²) in [6.45, 7) is 6.34. The van der Waals surface area contributed by atoms with E-state index in [9.17, 15) is 14.9 Å². The third-order valence-corrected chi connectivity index (χ3v) is 8.04. The molecule has 0 bridgehead atoms. The number of fused-ring (bicyclic) bond motifs is 2. The zero-order valence-corrected chi connectivity index (χ0v) is 23.2. The molecule has 2 aliphatic heterocycles. The van der Waals surface area contributed by atoms with Crippen molar-refractivity contribution >= 4 is 28.9 Å². The smallest absolute Gasteiger partial charge is 0.261 e. The fourth-order valence-electron chi connectivity index (χ4n) is 6.01. The lowest BCUT2D eigenvalue weighted by molar-refractivity contribution is 0.0990. The standard InChI is InChI=1S/C32H30N6O3/c1-20-29(21(2)41-35-20)31(39)34-23-12-13-27(22(18-23)19-33)37-14-16-38(17-15-37)30-24-8-4-5-9-25(24)32(40)36(3)28-11-7-6-10-26(28)30/h4-13,18,30H,14-17H2,1-3H3,(H,34,39). The van der Waals surface area contributed by atoms with E-state index in [1.54, 1.807) is 24.8 Å². The van der Waals surface area contributed by atoms with E-state index in [0.29, 0.717) is 41.4 Å². The van der Waals surface area contributed by atoms with E-state index in [0.717, 1.165) is 41.2 Å². The molecule has 1 unspecified atom stereocenters. The Bertz CT molecular complexity index is 1680. The molecule has 0 saturated carbocycles. The number of hydrogen-bond acceptors (Lipinski definition) is 7. The third-order valence-electron chi connectivity index (χ3n) is 8.04. The molecule has 1 atom stereocenters. The number of nitrogens with one attached hydrogen (secondary N) is 1. The van der Waals surface area contributed by atoms with Gasteiger partial charge < -0.3 is 19.6 Å². The van der Waals surface area contributed by atoms with Crippen molar-refractivity contribution in [2.24, 2.45) is 0 Å². The summed E-state index contributed by atoms with van der Waals surface area (Å²) < 4.78 is 5.11. The summed E-state index contributed by atoms with van der Waals surface area (Å²) in [6, 6.07) is 23.7. The van der Waals surface area contributed by atoms with Crippen LogP contribution in [0.1, 0.15) is 54.9 Å². The Morgan fingerprint density at radius 2 is 1.68 bits per heavy atom. The van der Waals surface area contributed by atoms with Crippen LogP contribution in [0.5, 0.6) is 0 Å². The van der Waals surface area contributed by atoms with Gasteiger partial charge in [-0.05, 0) is 55.3 Å².